The summed E-state index contributed by atoms with van der Waals surface area (Å²) >= 11 is 0. The van der Waals surface area contributed by atoms with Crippen molar-refractivity contribution in [1.82, 2.24) is 4.90 Å². The first kappa shape index (κ1) is 15.2. The first-order valence-electron chi connectivity index (χ1n) is 9.53. The molecule has 0 radical (unpaired) electrons. The van der Waals surface area contributed by atoms with Gasteiger partial charge in [-0.1, -0.05) is 0 Å². The first-order chi connectivity index (χ1) is 12.2. The zero-order valence-electron chi connectivity index (χ0n) is 14.4. The van der Waals surface area contributed by atoms with Gasteiger partial charge in [-0.05, 0) is 61.8 Å². The predicted octanol–water partition coefficient (Wildman–Crippen LogP) is 2.45. The minimum Gasteiger partial charge on any atom is -0.484 e. The summed E-state index contributed by atoms with van der Waals surface area (Å²) in [6.45, 7) is 1.84. The number of carbonyl (C=O) groups excluding carboxylic acids is 2. The van der Waals surface area contributed by atoms with Crippen LogP contribution in [0.3, 0.4) is 0 Å². The van der Waals surface area contributed by atoms with Gasteiger partial charge in [0.1, 0.15) is 5.75 Å². The van der Waals surface area contributed by atoms with Gasteiger partial charge >= 0.3 is 0 Å². The van der Waals surface area contributed by atoms with Crippen LogP contribution >= 0.6 is 0 Å². The van der Waals surface area contributed by atoms with Crippen LogP contribution in [0.1, 0.15) is 32.1 Å². The molecule has 5 heteroatoms. The number of hydrogen-bond acceptors (Lipinski definition) is 3. The van der Waals surface area contributed by atoms with Crippen LogP contribution in [0.2, 0.25) is 0 Å². The monoisotopic (exact) mass is 340 g/mol. The molecule has 5 nitrogen and oxygen atoms in total. The molecule has 1 aromatic rings. The molecule has 2 heterocycles. The molecule has 132 valence electrons. The molecule has 0 unspecified atom stereocenters. The van der Waals surface area contributed by atoms with Crippen molar-refractivity contribution in [2.24, 2.45) is 17.8 Å². The fourth-order valence-electron chi connectivity index (χ4n) is 5.47. The number of nitrogens with zero attached hydrogens (tertiary/aromatic N) is 2. The Morgan fingerprint density at radius 3 is 2.68 bits per heavy atom. The topological polar surface area (TPSA) is 49.9 Å². The van der Waals surface area contributed by atoms with Crippen LogP contribution in [0, 0.1) is 17.8 Å². The van der Waals surface area contributed by atoms with Crippen molar-refractivity contribution < 1.29 is 14.3 Å². The van der Waals surface area contributed by atoms with Crippen molar-refractivity contribution in [1.29, 1.82) is 0 Å². The van der Waals surface area contributed by atoms with Crippen molar-refractivity contribution >= 4 is 17.5 Å². The molecule has 5 rings (SSSR count). The molecule has 2 amide bonds. The molecule has 4 aliphatic rings. The quantitative estimate of drug-likeness (QED) is 0.846. The van der Waals surface area contributed by atoms with E-state index in [4.69, 9.17) is 4.74 Å². The van der Waals surface area contributed by atoms with Gasteiger partial charge in [0, 0.05) is 37.2 Å². The minimum atomic E-state index is 0.114. The molecule has 2 aliphatic heterocycles. The number of ether oxygens (including phenoxy) is 1. The Bertz CT molecular complexity index is 699. The Morgan fingerprint density at radius 1 is 1.16 bits per heavy atom. The minimum absolute atomic E-state index is 0.114. The molecule has 2 aliphatic carbocycles. The Balaban J connectivity index is 1.16. The van der Waals surface area contributed by atoms with Gasteiger partial charge in [-0.15, -0.1) is 0 Å². The van der Waals surface area contributed by atoms with Crippen LogP contribution in [0.4, 0.5) is 5.69 Å². The summed E-state index contributed by atoms with van der Waals surface area (Å²) in [5.74, 6) is 3.37. The van der Waals surface area contributed by atoms with Crippen molar-refractivity contribution in [3.8, 4) is 5.75 Å². The van der Waals surface area contributed by atoms with Gasteiger partial charge < -0.3 is 14.5 Å². The number of anilines is 1. The SMILES string of the molecule is O=C1CCCN1c1ccc(OCC(=O)N2C[C@H]3[C@H]4CC[C@@H](C4)[C@@H]32)cc1. The highest BCUT2D eigenvalue weighted by Gasteiger charge is 2.57. The van der Waals surface area contributed by atoms with E-state index in [0.717, 1.165) is 43.0 Å². The Morgan fingerprint density at radius 2 is 1.96 bits per heavy atom. The summed E-state index contributed by atoms with van der Waals surface area (Å²) in [5.41, 5.74) is 0.911. The van der Waals surface area contributed by atoms with Gasteiger partial charge in [-0.25, -0.2) is 0 Å². The maximum Gasteiger partial charge on any atom is 0.260 e. The number of rotatable bonds is 4. The number of carbonyl (C=O) groups is 2. The molecule has 4 fully saturated rings. The van der Waals surface area contributed by atoms with Gasteiger partial charge in [0.15, 0.2) is 6.61 Å². The van der Waals surface area contributed by atoms with E-state index in [1.54, 1.807) is 0 Å². The molecule has 0 spiro atoms. The number of likely N-dealkylation sites (tertiary alicyclic amines) is 1. The molecule has 0 aromatic heterocycles. The van der Waals surface area contributed by atoms with Gasteiger partial charge in [0.2, 0.25) is 5.91 Å². The Labute approximate surface area is 147 Å². The molecular formula is C20H24N2O3. The second kappa shape index (κ2) is 5.75. The summed E-state index contributed by atoms with van der Waals surface area (Å²) in [6, 6.07) is 8.01. The van der Waals surface area contributed by atoms with Crippen LogP contribution in [0.25, 0.3) is 0 Å². The van der Waals surface area contributed by atoms with E-state index >= 15 is 0 Å². The lowest BCUT2D eigenvalue weighted by Crippen LogP contribution is -2.61. The molecule has 4 atom stereocenters. The van der Waals surface area contributed by atoms with E-state index in [1.165, 1.54) is 19.3 Å². The van der Waals surface area contributed by atoms with Gasteiger partial charge in [0.25, 0.3) is 5.91 Å². The van der Waals surface area contributed by atoms with Gasteiger partial charge in [-0.3, -0.25) is 9.59 Å². The van der Waals surface area contributed by atoms with Crippen molar-refractivity contribution in [2.75, 3.05) is 24.6 Å². The average molecular weight is 340 g/mol. The molecule has 1 aromatic carbocycles. The van der Waals surface area contributed by atoms with E-state index in [0.29, 0.717) is 18.2 Å². The normalized spacial score (nSPS) is 32.7. The molecule has 2 bridgehead atoms. The van der Waals surface area contributed by atoms with Crippen LogP contribution in [0.5, 0.6) is 5.75 Å². The molecule has 2 saturated carbocycles. The highest BCUT2D eigenvalue weighted by atomic mass is 16.5. The van der Waals surface area contributed by atoms with Gasteiger partial charge in [-0.2, -0.15) is 0 Å². The largest absolute Gasteiger partial charge is 0.484 e. The summed E-state index contributed by atoms with van der Waals surface area (Å²) in [6.07, 6.45) is 5.55. The first-order valence-corrected chi connectivity index (χ1v) is 9.53. The fourth-order valence-corrected chi connectivity index (χ4v) is 5.47. The summed E-state index contributed by atoms with van der Waals surface area (Å²) in [5, 5.41) is 0. The standard InChI is InChI=1S/C20H24N2O3/c23-18-2-1-9-21(18)15-5-7-16(8-6-15)25-12-19(24)22-11-17-13-3-4-14(10-13)20(17)22/h5-8,13-14,17,20H,1-4,9-12H2/t13-,14-,17-,20-/m0/s1. The zero-order valence-corrected chi connectivity index (χ0v) is 14.4. The third-order valence-electron chi connectivity index (χ3n) is 6.71. The van der Waals surface area contributed by atoms with E-state index < -0.39 is 0 Å². The number of hydrogen-bond donors (Lipinski definition) is 0. The molecular weight excluding hydrogens is 316 g/mol. The highest BCUT2D eigenvalue weighted by Crippen LogP contribution is 2.55. The number of fused-ring (bicyclic) bond motifs is 5. The smallest absolute Gasteiger partial charge is 0.260 e. The highest BCUT2D eigenvalue weighted by molar-refractivity contribution is 5.95. The maximum atomic E-state index is 12.5. The zero-order chi connectivity index (χ0) is 17.0. The summed E-state index contributed by atoms with van der Waals surface area (Å²) < 4.78 is 5.70. The second-order valence-electron chi connectivity index (χ2n) is 7.97. The molecule has 2 saturated heterocycles. The number of amides is 2. The van der Waals surface area contributed by atoms with E-state index in [-0.39, 0.29) is 18.4 Å². The van der Waals surface area contributed by atoms with E-state index in [2.05, 4.69) is 0 Å². The Kier molecular flexibility index (Phi) is 3.50. The lowest BCUT2D eigenvalue weighted by atomic mass is 9.77. The van der Waals surface area contributed by atoms with E-state index in [9.17, 15) is 9.59 Å². The predicted molar refractivity (Wildman–Crippen MR) is 93.3 cm³/mol. The van der Waals surface area contributed by atoms with Crippen LogP contribution < -0.4 is 9.64 Å². The number of benzene rings is 1. The fraction of sp³-hybridized carbons (Fsp3) is 0.600. The molecule has 0 N–H and O–H groups in total. The molecule has 25 heavy (non-hydrogen) atoms. The van der Waals surface area contributed by atoms with Crippen LogP contribution in [0.15, 0.2) is 24.3 Å². The lowest BCUT2D eigenvalue weighted by molar-refractivity contribution is -0.149. The third kappa shape index (κ3) is 2.43. The van der Waals surface area contributed by atoms with Crippen LogP contribution in [-0.2, 0) is 9.59 Å². The van der Waals surface area contributed by atoms with Crippen molar-refractivity contribution in [3.05, 3.63) is 24.3 Å². The lowest BCUT2D eigenvalue weighted by Gasteiger charge is -2.50. The second-order valence-corrected chi connectivity index (χ2v) is 7.97. The van der Waals surface area contributed by atoms with Crippen molar-refractivity contribution in [2.45, 2.75) is 38.1 Å². The Hall–Kier alpha value is -2.04. The maximum absolute atomic E-state index is 12.5. The third-order valence-corrected chi connectivity index (χ3v) is 6.71. The van der Waals surface area contributed by atoms with Gasteiger partial charge in [0.05, 0.1) is 0 Å². The summed E-state index contributed by atoms with van der Waals surface area (Å²) in [7, 11) is 0. The summed E-state index contributed by atoms with van der Waals surface area (Å²) in [4.78, 5) is 28.1. The van der Waals surface area contributed by atoms with E-state index in [1.807, 2.05) is 34.1 Å². The van der Waals surface area contributed by atoms with Crippen molar-refractivity contribution in [3.63, 3.8) is 0 Å². The average Bonchev–Trinajstić information content (AvgIpc) is 3.27. The van der Waals surface area contributed by atoms with Crippen LogP contribution in [-0.4, -0.2) is 42.5 Å².